The number of nitro groups is 1. The lowest BCUT2D eigenvalue weighted by atomic mass is 9.98. The van der Waals surface area contributed by atoms with Gasteiger partial charge in [-0.25, -0.2) is 4.79 Å². The smallest absolute Gasteiger partial charge is 0.331 e. The fourth-order valence-corrected chi connectivity index (χ4v) is 2.18. The maximum absolute atomic E-state index is 12.2. The van der Waals surface area contributed by atoms with Gasteiger partial charge in [-0.05, 0) is 12.1 Å². The third-order valence-electron chi connectivity index (χ3n) is 3.18. The van der Waals surface area contributed by atoms with Crippen molar-refractivity contribution in [1.82, 2.24) is 5.32 Å². The summed E-state index contributed by atoms with van der Waals surface area (Å²) in [7, 11) is 0. The first-order chi connectivity index (χ1) is 9.85. The number of ether oxygens (including phenoxy) is 1. The van der Waals surface area contributed by atoms with Crippen LogP contribution in [0.15, 0.2) is 18.2 Å². The quantitative estimate of drug-likeness (QED) is 0.637. The molecule has 1 aliphatic rings. The Bertz CT molecular complexity index is 612. The normalized spacial score (nSPS) is 21.0. The first kappa shape index (κ1) is 15.2. The van der Waals surface area contributed by atoms with Gasteiger partial charge in [0.1, 0.15) is 5.56 Å². The van der Waals surface area contributed by atoms with Crippen LogP contribution in [-0.4, -0.2) is 40.7 Å². The van der Waals surface area contributed by atoms with E-state index in [1.807, 2.05) is 0 Å². The van der Waals surface area contributed by atoms with Gasteiger partial charge < -0.3 is 15.2 Å². The maximum Gasteiger partial charge on any atom is 0.331 e. The second-order valence-electron chi connectivity index (χ2n) is 4.56. The lowest BCUT2D eigenvalue weighted by molar-refractivity contribution is -0.385. The van der Waals surface area contributed by atoms with E-state index in [0.717, 1.165) is 6.07 Å². The van der Waals surface area contributed by atoms with E-state index in [1.165, 1.54) is 12.1 Å². The van der Waals surface area contributed by atoms with Gasteiger partial charge in [-0.2, -0.15) is 0 Å². The van der Waals surface area contributed by atoms with Crippen molar-refractivity contribution in [2.75, 3.05) is 13.2 Å². The molecular formula is C12H11ClN2O6. The number of carbonyl (C=O) groups is 2. The van der Waals surface area contributed by atoms with Crippen LogP contribution in [0.5, 0.6) is 0 Å². The summed E-state index contributed by atoms with van der Waals surface area (Å²) in [6.45, 7) is 0.00471. The summed E-state index contributed by atoms with van der Waals surface area (Å²) in [5.41, 5.74) is -2.30. The summed E-state index contributed by atoms with van der Waals surface area (Å²) in [6.07, 6.45) is 0.0927. The highest BCUT2D eigenvalue weighted by Gasteiger charge is 2.44. The zero-order chi connectivity index (χ0) is 15.6. The molecule has 0 aliphatic carbocycles. The minimum absolute atomic E-state index is 0.0927. The fraction of sp³-hybridized carbons (Fsp3) is 0.333. The molecule has 0 aromatic heterocycles. The van der Waals surface area contributed by atoms with E-state index >= 15 is 0 Å². The Morgan fingerprint density at radius 3 is 2.71 bits per heavy atom. The number of hydrogen-bond donors (Lipinski definition) is 2. The lowest BCUT2D eigenvalue weighted by Crippen LogP contribution is -2.55. The highest BCUT2D eigenvalue weighted by Crippen LogP contribution is 2.25. The maximum atomic E-state index is 12.2. The molecule has 9 heteroatoms. The number of rotatable bonds is 4. The zero-order valence-corrected chi connectivity index (χ0v) is 11.4. The molecule has 1 aromatic rings. The van der Waals surface area contributed by atoms with E-state index in [2.05, 4.69) is 5.32 Å². The van der Waals surface area contributed by atoms with Gasteiger partial charge in [0.25, 0.3) is 11.6 Å². The Labute approximate surface area is 123 Å². The van der Waals surface area contributed by atoms with Crippen LogP contribution in [0.2, 0.25) is 5.02 Å². The molecule has 1 heterocycles. The van der Waals surface area contributed by atoms with E-state index in [4.69, 9.17) is 16.3 Å². The molecule has 1 fully saturated rings. The van der Waals surface area contributed by atoms with Crippen LogP contribution in [0.4, 0.5) is 5.69 Å². The number of halogens is 1. The summed E-state index contributed by atoms with van der Waals surface area (Å²) in [6, 6.07) is 3.54. The van der Waals surface area contributed by atoms with Gasteiger partial charge in [-0.15, -0.1) is 0 Å². The Morgan fingerprint density at radius 1 is 1.48 bits per heavy atom. The molecule has 0 spiro atoms. The van der Waals surface area contributed by atoms with Crippen LogP contribution in [0.25, 0.3) is 0 Å². The Morgan fingerprint density at radius 2 is 2.19 bits per heavy atom. The number of benzene rings is 1. The van der Waals surface area contributed by atoms with Crippen molar-refractivity contribution in [3.8, 4) is 0 Å². The minimum Gasteiger partial charge on any atom is -0.479 e. The fourth-order valence-electron chi connectivity index (χ4n) is 2.02. The second-order valence-corrected chi connectivity index (χ2v) is 5.00. The first-order valence-corrected chi connectivity index (χ1v) is 6.31. The average molecular weight is 315 g/mol. The number of hydrogen-bond acceptors (Lipinski definition) is 5. The summed E-state index contributed by atoms with van der Waals surface area (Å²) in [5, 5.41) is 22.6. The Hall–Kier alpha value is -2.19. The molecule has 1 saturated heterocycles. The number of carboxylic acid groups (broad SMARTS) is 1. The van der Waals surface area contributed by atoms with Crippen molar-refractivity contribution >= 4 is 29.2 Å². The van der Waals surface area contributed by atoms with Gasteiger partial charge in [0.05, 0.1) is 11.5 Å². The summed E-state index contributed by atoms with van der Waals surface area (Å²) >= 11 is 5.66. The largest absolute Gasteiger partial charge is 0.479 e. The van der Waals surface area contributed by atoms with E-state index < -0.39 is 28.0 Å². The lowest BCUT2D eigenvalue weighted by Gasteiger charge is -2.23. The predicted molar refractivity (Wildman–Crippen MR) is 71.4 cm³/mol. The minimum atomic E-state index is -1.56. The molecule has 1 amide bonds. The molecule has 8 nitrogen and oxygen atoms in total. The molecule has 112 valence electrons. The highest BCUT2D eigenvalue weighted by atomic mass is 35.5. The van der Waals surface area contributed by atoms with Gasteiger partial charge in [0.15, 0.2) is 5.54 Å². The molecule has 2 rings (SSSR count). The monoisotopic (exact) mass is 314 g/mol. The molecule has 1 atom stereocenters. The molecule has 0 saturated carbocycles. The number of carbonyl (C=O) groups excluding carboxylic acids is 1. The van der Waals surface area contributed by atoms with Gasteiger partial charge in [0, 0.05) is 24.1 Å². The van der Waals surface area contributed by atoms with Crippen LogP contribution in [-0.2, 0) is 9.53 Å². The van der Waals surface area contributed by atoms with Crippen molar-refractivity contribution in [1.29, 1.82) is 0 Å². The molecular weight excluding hydrogens is 304 g/mol. The molecule has 0 radical (unpaired) electrons. The summed E-state index contributed by atoms with van der Waals surface area (Å²) in [5.74, 6) is -2.10. The third kappa shape index (κ3) is 2.96. The van der Waals surface area contributed by atoms with Gasteiger partial charge in [-0.3, -0.25) is 14.9 Å². The molecule has 21 heavy (non-hydrogen) atoms. The molecule has 1 aromatic carbocycles. The number of aliphatic carboxylic acids is 1. The van der Waals surface area contributed by atoms with Crippen LogP contribution in [0, 0.1) is 10.1 Å². The van der Waals surface area contributed by atoms with Crippen molar-refractivity contribution in [3.05, 3.63) is 38.9 Å². The molecule has 1 unspecified atom stereocenters. The van der Waals surface area contributed by atoms with E-state index in [-0.39, 0.29) is 30.2 Å². The van der Waals surface area contributed by atoms with Crippen molar-refractivity contribution in [2.45, 2.75) is 12.0 Å². The van der Waals surface area contributed by atoms with Crippen molar-refractivity contribution in [2.24, 2.45) is 0 Å². The number of carboxylic acids is 1. The zero-order valence-electron chi connectivity index (χ0n) is 10.7. The van der Waals surface area contributed by atoms with Gasteiger partial charge >= 0.3 is 5.97 Å². The van der Waals surface area contributed by atoms with Crippen LogP contribution in [0.3, 0.4) is 0 Å². The topological polar surface area (TPSA) is 119 Å². The van der Waals surface area contributed by atoms with Crippen LogP contribution in [0.1, 0.15) is 16.8 Å². The predicted octanol–water partition coefficient (Wildman–Crippen LogP) is 1.22. The first-order valence-electron chi connectivity index (χ1n) is 5.93. The van der Waals surface area contributed by atoms with Crippen LogP contribution >= 0.6 is 11.6 Å². The standard InChI is InChI=1S/C12H11ClN2O6/c13-7-1-2-8(9(5-7)15(19)20)10(16)14-12(11(17)18)3-4-21-6-12/h1-2,5H,3-4,6H2,(H,14,16)(H,17,18). The van der Waals surface area contributed by atoms with Crippen LogP contribution < -0.4 is 5.32 Å². The Kier molecular flexibility index (Phi) is 4.10. The molecule has 1 aliphatic heterocycles. The van der Waals surface area contributed by atoms with E-state index in [0.29, 0.717) is 0 Å². The molecule has 0 bridgehead atoms. The van der Waals surface area contributed by atoms with E-state index in [1.54, 1.807) is 0 Å². The summed E-state index contributed by atoms with van der Waals surface area (Å²) in [4.78, 5) is 33.7. The number of nitrogens with one attached hydrogen (secondary N) is 1. The highest BCUT2D eigenvalue weighted by molar-refractivity contribution is 6.31. The van der Waals surface area contributed by atoms with Gasteiger partial charge in [0.2, 0.25) is 0 Å². The van der Waals surface area contributed by atoms with Crippen molar-refractivity contribution in [3.63, 3.8) is 0 Å². The number of nitrogens with zero attached hydrogens (tertiary/aromatic N) is 1. The Balaban J connectivity index is 2.32. The summed E-state index contributed by atoms with van der Waals surface area (Å²) < 4.78 is 5.00. The molecule has 2 N–H and O–H groups in total. The van der Waals surface area contributed by atoms with Crippen molar-refractivity contribution < 1.29 is 24.4 Å². The second kappa shape index (κ2) is 5.66. The van der Waals surface area contributed by atoms with Gasteiger partial charge in [-0.1, -0.05) is 11.6 Å². The average Bonchev–Trinajstić information content (AvgIpc) is 2.88. The third-order valence-corrected chi connectivity index (χ3v) is 3.42. The SMILES string of the molecule is O=C(NC1(C(=O)O)CCOC1)c1ccc(Cl)cc1[N+](=O)[O-]. The van der Waals surface area contributed by atoms with E-state index in [9.17, 15) is 24.8 Å². The number of amides is 1. The number of nitro benzene ring substituents is 1.